The van der Waals surface area contributed by atoms with Gasteiger partial charge in [0.15, 0.2) is 11.0 Å². The number of anilines is 3. The maximum Gasteiger partial charge on any atom is 0.157 e. The molecule has 1 aliphatic rings. The van der Waals surface area contributed by atoms with E-state index in [1.165, 1.54) is 6.33 Å². The predicted octanol–water partition coefficient (Wildman–Crippen LogP) is 3.26. The lowest BCUT2D eigenvalue weighted by atomic mass is 10.0. The van der Waals surface area contributed by atoms with Crippen LogP contribution < -0.4 is 20.3 Å². The monoisotopic (exact) mass is 347 g/mol. The zero-order valence-electron chi connectivity index (χ0n) is 13.9. The van der Waals surface area contributed by atoms with E-state index in [9.17, 15) is 0 Å². The van der Waals surface area contributed by atoms with Crippen LogP contribution in [0.25, 0.3) is 0 Å². The van der Waals surface area contributed by atoms with Crippen molar-refractivity contribution in [2.24, 2.45) is 0 Å². The van der Waals surface area contributed by atoms with E-state index in [1.54, 1.807) is 7.11 Å². The number of rotatable bonds is 5. The minimum Gasteiger partial charge on any atom is -0.495 e. The van der Waals surface area contributed by atoms with Gasteiger partial charge in [-0.25, -0.2) is 9.97 Å². The molecular formula is C17H22ClN5O. The number of hydrogen-bond acceptors (Lipinski definition) is 6. The average molecular weight is 348 g/mol. The van der Waals surface area contributed by atoms with Crippen LogP contribution in [-0.4, -0.2) is 43.3 Å². The van der Waals surface area contributed by atoms with E-state index in [4.69, 9.17) is 16.3 Å². The number of nitrogens with one attached hydrogen (secondary N) is 2. The number of halogens is 1. The van der Waals surface area contributed by atoms with Gasteiger partial charge >= 0.3 is 0 Å². The molecule has 3 rings (SSSR count). The third-order valence-electron chi connectivity index (χ3n) is 4.24. The van der Waals surface area contributed by atoms with Gasteiger partial charge in [-0.3, -0.25) is 0 Å². The van der Waals surface area contributed by atoms with Gasteiger partial charge in [-0.1, -0.05) is 23.7 Å². The molecule has 1 fully saturated rings. The Bertz CT molecular complexity index is 696. The number of aromatic nitrogens is 2. The molecule has 1 aromatic carbocycles. The molecule has 1 saturated heterocycles. The second-order valence-corrected chi connectivity index (χ2v) is 6.10. The fraction of sp³-hybridized carbons (Fsp3) is 0.412. The zero-order valence-corrected chi connectivity index (χ0v) is 14.7. The SMILES string of the molecule is CNc1c(Cl)ncnc1NC1CCCN(c2ccccc2OC)C1. The van der Waals surface area contributed by atoms with Crippen molar-refractivity contribution in [3.63, 3.8) is 0 Å². The van der Waals surface area contributed by atoms with Gasteiger partial charge in [0.1, 0.15) is 17.8 Å². The van der Waals surface area contributed by atoms with E-state index in [0.29, 0.717) is 5.15 Å². The molecule has 128 valence electrons. The van der Waals surface area contributed by atoms with Crippen molar-refractivity contribution in [1.29, 1.82) is 0 Å². The van der Waals surface area contributed by atoms with Crippen LogP contribution in [0.4, 0.5) is 17.2 Å². The van der Waals surface area contributed by atoms with Gasteiger partial charge in [0.25, 0.3) is 0 Å². The predicted molar refractivity (Wildman–Crippen MR) is 98.4 cm³/mol. The van der Waals surface area contributed by atoms with Crippen molar-refractivity contribution < 1.29 is 4.74 Å². The molecule has 2 N–H and O–H groups in total. The number of nitrogens with zero attached hydrogens (tertiary/aromatic N) is 3. The van der Waals surface area contributed by atoms with Crippen molar-refractivity contribution in [3.8, 4) is 5.75 Å². The van der Waals surface area contributed by atoms with E-state index in [0.717, 1.165) is 48.9 Å². The Balaban J connectivity index is 1.76. The Kier molecular flexibility index (Phi) is 5.25. The third-order valence-corrected chi connectivity index (χ3v) is 4.53. The normalized spacial score (nSPS) is 17.5. The summed E-state index contributed by atoms with van der Waals surface area (Å²) in [6.07, 6.45) is 3.66. The molecule has 2 heterocycles. The van der Waals surface area contributed by atoms with Gasteiger partial charge < -0.3 is 20.3 Å². The van der Waals surface area contributed by atoms with Gasteiger partial charge in [0.05, 0.1) is 12.8 Å². The van der Waals surface area contributed by atoms with Crippen LogP contribution in [0, 0.1) is 0 Å². The summed E-state index contributed by atoms with van der Waals surface area (Å²) in [5, 5.41) is 6.98. The number of benzene rings is 1. The first kappa shape index (κ1) is 16.6. The number of methoxy groups -OCH3 is 1. The molecule has 0 amide bonds. The Morgan fingerprint density at radius 1 is 1.29 bits per heavy atom. The Hall–Kier alpha value is -2.21. The van der Waals surface area contributed by atoms with Crippen LogP contribution in [0.2, 0.25) is 5.15 Å². The topological polar surface area (TPSA) is 62.3 Å². The van der Waals surface area contributed by atoms with Crippen LogP contribution in [-0.2, 0) is 0 Å². The molecule has 1 unspecified atom stereocenters. The van der Waals surface area contributed by atoms with E-state index < -0.39 is 0 Å². The van der Waals surface area contributed by atoms with Crippen LogP contribution >= 0.6 is 11.6 Å². The summed E-state index contributed by atoms with van der Waals surface area (Å²) in [5.74, 6) is 1.64. The first-order valence-electron chi connectivity index (χ1n) is 8.05. The van der Waals surface area contributed by atoms with Gasteiger partial charge in [-0.15, -0.1) is 0 Å². The number of piperidine rings is 1. The standard InChI is InChI=1S/C17H22ClN5O/c1-19-15-16(18)20-11-21-17(15)22-12-6-5-9-23(10-12)13-7-3-4-8-14(13)24-2/h3-4,7-8,11-12,19H,5-6,9-10H2,1-2H3,(H,20,21,22). The van der Waals surface area contributed by atoms with Crippen LogP contribution in [0.5, 0.6) is 5.75 Å². The van der Waals surface area contributed by atoms with Crippen LogP contribution in [0.3, 0.4) is 0 Å². The summed E-state index contributed by atoms with van der Waals surface area (Å²) >= 11 is 6.13. The number of ether oxygens (including phenoxy) is 1. The first-order chi connectivity index (χ1) is 11.7. The van der Waals surface area contributed by atoms with Gasteiger partial charge in [-0.05, 0) is 25.0 Å². The molecule has 0 bridgehead atoms. The smallest absolute Gasteiger partial charge is 0.157 e. The van der Waals surface area contributed by atoms with Crippen molar-refractivity contribution in [2.75, 3.05) is 42.8 Å². The fourth-order valence-corrected chi connectivity index (χ4v) is 3.32. The highest BCUT2D eigenvalue weighted by Gasteiger charge is 2.23. The average Bonchev–Trinajstić information content (AvgIpc) is 2.62. The minimum atomic E-state index is 0.279. The number of hydrogen-bond donors (Lipinski definition) is 2. The molecule has 1 aliphatic heterocycles. The van der Waals surface area contributed by atoms with Crippen molar-refractivity contribution in [2.45, 2.75) is 18.9 Å². The maximum atomic E-state index is 6.13. The summed E-state index contributed by atoms with van der Waals surface area (Å²) in [6, 6.07) is 8.40. The molecule has 2 aromatic rings. The lowest BCUT2D eigenvalue weighted by Gasteiger charge is -2.35. The lowest BCUT2D eigenvalue weighted by Crippen LogP contribution is -2.42. The summed E-state index contributed by atoms with van der Waals surface area (Å²) < 4.78 is 5.49. The third kappa shape index (κ3) is 3.48. The van der Waals surface area contributed by atoms with E-state index in [-0.39, 0.29) is 6.04 Å². The highest BCUT2D eigenvalue weighted by atomic mass is 35.5. The molecule has 0 radical (unpaired) electrons. The van der Waals surface area contributed by atoms with Crippen molar-refractivity contribution in [3.05, 3.63) is 35.7 Å². The molecule has 6 nitrogen and oxygen atoms in total. The van der Waals surface area contributed by atoms with Crippen molar-refractivity contribution >= 4 is 28.8 Å². The van der Waals surface area contributed by atoms with E-state index in [1.807, 2.05) is 25.2 Å². The molecule has 1 atom stereocenters. The zero-order chi connectivity index (χ0) is 16.9. The quantitative estimate of drug-likeness (QED) is 0.809. The maximum absolute atomic E-state index is 6.13. The molecule has 7 heteroatoms. The second kappa shape index (κ2) is 7.57. The van der Waals surface area contributed by atoms with Gasteiger partial charge in [-0.2, -0.15) is 0 Å². The Labute approximate surface area is 147 Å². The molecule has 1 aromatic heterocycles. The van der Waals surface area contributed by atoms with E-state index in [2.05, 4.69) is 31.6 Å². The molecule has 0 spiro atoms. The summed E-state index contributed by atoms with van der Waals surface area (Å²) in [7, 11) is 3.53. The number of para-hydroxylation sites is 2. The fourth-order valence-electron chi connectivity index (χ4n) is 3.09. The summed E-state index contributed by atoms with van der Waals surface area (Å²) in [5.41, 5.74) is 1.86. The van der Waals surface area contributed by atoms with Crippen LogP contribution in [0.15, 0.2) is 30.6 Å². The second-order valence-electron chi connectivity index (χ2n) is 5.74. The molecule has 0 aliphatic carbocycles. The summed E-state index contributed by atoms with van der Waals surface area (Å²) in [6.45, 7) is 1.90. The van der Waals surface area contributed by atoms with Gasteiger partial charge in [0, 0.05) is 26.2 Å². The van der Waals surface area contributed by atoms with E-state index >= 15 is 0 Å². The first-order valence-corrected chi connectivity index (χ1v) is 8.43. The highest BCUT2D eigenvalue weighted by molar-refractivity contribution is 6.32. The van der Waals surface area contributed by atoms with Gasteiger partial charge in [0.2, 0.25) is 0 Å². The van der Waals surface area contributed by atoms with Crippen LogP contribution in [0.1, 0.15) is 12.8 Å². The Morgan fingerprint density at radius 3 is 2.92 bits per heavy atom. The highest BCUT2D eigenvalue weighted by Crippen LogP contribution is 2.31. The largest absolute Gasteiger partial charge is 0.495 e. The lowest BCUT2D eigenvalue weighted by molar-refractivity contribution is 0.411. The minimum absolute atomic E-state index is 0.279. The molecular weight excluding hydrogens is 326 g/mol. The molecule has 0 saturated carbocycles. The summed E-state index contributed by atoms with van der Waals surface area (Å²) in [4.78, 5) is 10.7. The molecule has 24 heavy (non-hydrogen) atoms. The Morgan fingerprint density at radius 2 is 2.12 bits per heavy atom. The van der Waals surface area contributed by atoms with Crippen molar-refractivity contribution in [1.82, 2.24) is 9.97 Å².